The lowest BCUT2D eigenvalue weighted by Crippen LogP contribution is -2.65. The Kier molecular flexibility index (Phi) is 10.0. The lowest BCUT2D eigenvalue weighted by Gasteiger charge is -2.40. The zero-order chi connectivity index (χ0) is 23.7. The molecule has 0 aromatic carbocycles. The summed E-state index contributed by atoms with van der Waals surface area (Å²) in [6.07, 6.45) is 13.1. The number of rotatable bonds is 10. The Balaban J connectivity index is 0.000000837. The molecule has 3 heterocycles. The van der Waals surface area contributed by atoms with E-state index in [1.54, 1.807) is 0 Å². The van der Waals surface area contributed by atoms with E-state index >= 15 is 0 Å². The van der Waals surface area contributed by atoms with Crippen LogP contribution in [0.5, 0.6) is 0 Å². The molecule has 3 rings (SSSR count). The number of guanidine groups is 1. The lowest BCUT2D eigenvalue weighted by molar-refractivity contribution is -0.585. The van der Waals surface area contributed by atoms with E-state index in [9.17, 15) is 4.79 Å². The van der Waals surface area contributed by atoms with Gasteiger partial charge in [0.25, 0.3) is 0 Å². The Morgan fingerprint density at radius 2 is 1.75 bits per heavy atom. The summed E-state index contributed by atoms with van der Waals surface area (Å²) in [5, 5.41) is 16.0. The van der Waals surface area contributed by atoms with Gasteiger partial charge >= 0.3 is 11.9 Å². The number of allylic oxidation sites excluding steroid dienone is 1. The van der Waals surface area contributed by atoms with Crippen LogP contribution in [0.2, 0.25) is 0 Å². The van der Waals surface area contributed by atoms with E-state index in [0.29, 0.717) is 6.04 Å². The summed E-state index contributed by atoms with van der Waals surface area (Å²) in [5.41, 5.74) is 1.34. The van der Waals surface area contributed by atoms with Crippen molar-refractivity contribution >= 4 is 17.9 Å². The number of carbonyl (C=O) groups excluding carboxylic acids is 2. The fourth-order valence-corrected chi connectivity index (χ4v) is 5.18. The molecule has 32 heavy (non-hydrogen) atoms. The zero-order valence-electron chi connectivity index (χ0n) is 20.4. The molecule has 2 N–H and O–H groups in total. The molecule has 3 aliphatic heterocycles. The fourth-order valence-electron chi connectivity index (χ4n) is 5.18. The molecule has 0 bridgehead atoms. The van der Waals surface area contributed by atoms with Crippen molar-refractivity contribution in [3.8, 4) is 0 Å². The van der Waals surface area contributed by atoms with Gasteiger partial charge in [-0.3, -0.25) is 4.58 Å². The topological polar surface area (TPSA) is 103 Å². The van der Waals surface area contributed by atoms with Crippen molar-refractivity contribution in [1.29, 1.82) is 0 Å². The number of hydrogen-bond donors (Lipinski definition) is 2. The predicted octanol–water partition coefficient (Wildman–Crippen LogP) is 2.17. The van der Waals surface area contributed by atoms with Crippen LogP contribution in [-0.4, -0.2) is 54.5 Å². The number of hydrogen-bond acceptors (Lipinski definition) is 7. The highest BCUT2D eigenvalue weighted by molar-refractivity contribution is 5.93. The van der Waals surface area contributed by atoms with Gasteiger partial charge in [-0.05, 0) is 33.1 Å². The summed E-state index contributed by atoms with van der Waals surface area (Å²) in [6, 6.07) is 0.501. The minimum Gasteiger partial charge on any atom is -0.550 e. The van der Waals surface area contributed by atoms with Crippen molar-refractivity contribution in [1.82, 2.24) is 10.6 Å². The third kappa shape index (κ3) is 6.47. The van der Waals surface area contributed by atoms with Crippen molar-refractivity contribution in [3.63, 3.8) is 0 Å². The molecular formula is C24H41N3O5. The van der Waals surface area contributed by atoms with Gasteiger partial charge in [-0.25, -0.2) is 15.4 Å². The molecule has 0 aliphatic carbocycles. The van der Waals surface area contributed by atoms with E-state index < -0.39 is 5.97 Å². The van der Waals surface area contributed by atoms with E-state index in [4.69, 9.17) is 19.4 Å². The van der Waals surface area contributed by atoms with Gasteiger partial charge in [-0.1, -0.05) is 45.4 Å². The third-order valence-electron chi connectivity index (χ3n) is 6.70. The lowest BCUT2D eigenvalue weighted by atomic mass is 9.93. The first-order valence-electron chi connectivity index (χ1n) is 12.0. The average molecular weight is 452 g/mol. The van der Waals surface area contributed by atoms with Crippen LogP contribution in [-0.2, 0) is 19.1 Å². The number of ether oxygens (including phenoxy) is 2. The Morgan fingerprint density at radius 1 is 1.12 bits per heavy atom. The molecule has 0 radical (unpaired) electrons. The number of carboxylic acid groups (broad SMARTS) is 1. The zero-order valence-corrected chi connectivity index (χ0v) is 20.4. The van der Waals surface area contributed by atoms with Crippen LogP contribution < -0.4 is 15.7 Å². The van der Waals surface area contributed by atoms with Crippen molar-refractivity contribution in [2.24, 2.45) is 0 Å². The second kappa shape index (κ2) is 12.2. The van der Waals surface area contributed by atoms with Crippen LogP contribution in [0.15, 0.2) is 11.3 Å². The number of carboxylic acids is 1. The SMILES string of the molecule is CC(=O)[O-].CCCCCCCCC[C@]1(OC)C[C@@H]2CC[C@H]3C(C(=O)OC)=C(C)NC(=[N+]23)N1. The van der Waals surface area contributed by atoms with E-state index in [2.05, 4.69) is 22.1 Å². The predicted molar refractivity (Wildman–Crippen MR) is 121 cm³/mol. The Bertz CT molecular complexity index is 729. The highest BCUT2D eigenvalue weighted by atomic mass is 16.5. The molecule has 0 spiro atoms. The standard InChI is InChI=1S/C22H37N3O3.C2H4O2/c1-5-6-7-8-9-10-11-14-22(28-4)15-17-12-13-18-19(20(26)27-3)16(2)23-21(24-22)25(17)18;1-2(3)4/h17-18H,5-15H2,1-4H3,(H,23,24,26);1H3,(H,3,4)/t17-,18-,22-;/m0./s1. The summed E-state index contributed by atoms with van der Waals surface area (Å²) in [5.74, 6) is -0.310. The Hall–Kier alpha value is -2.09. The summed E-state index contributed by atoms with van der Waals surface area (Å²) >= 11 is 0. The van der Waals surface area contributed by atoms with E-state index in [0.717, 1.165) is 49.8 Å². The molecule has 0 aromatic heterocycles. The van der Waals surface area contributed by atoms with Gasteiger partial charge < -0.3 is 19.4 Å². The molecule has 3 atom stereocenters. The Labute approximate surface area is 192 Å². The maximum atomic E-state index is 12.3. The minimum absolute atomic E-state index is 0.106. The first-order chi connectivity index (χ1) is 15.3. The van der Waals surface area contributed by atoms with Crippen LogP contribution in [0.4, 0.5) is 0 Å². The third-order valence-corrected chi connectivity index (χ3v) is 6.70. The van der Waals surface area contributed by atoms with Crippen LogP contribution in [0, 0.1) is 0 Å². The summed E-state index contributed by atoms with van der Waals surface area (Å²) in [4.78, 5) is 21.2. The molecule has 182 valence electrons. The summed E-state index contributed by atoms with van der Waals surface area (Å²) in [7, 11) is 3.28. The molecule has 1 saturated heterocycles. The monoisotopic (exact) mass is 451 g/mol. The number of nitrogens with one attached hydrogen (secondary N) is 2. The minimum atomic E-state index is -1.08. The molecule has 3 aliphatic rings. The van der Waals surface area contributed by atoms with Gasteiger partial charge in [0, 0.05) is 25.9 Å². The largest absolute Gasteiger partial charge is 0.550 e. The first kappa shape index (κ1) is 26.2. The van der Waals surface area contributed by atoms with Crippen molar-refractivity contribution < 1.29 is 28.7 Å². The van der Waals surface area contributed by atoms with Crippen LogP contribution in [0.25, 0.3) is 0 Å². The normalized spacial score (nSPS) is 25.9. The van der Waals surface area contributed by atoms with E-state index in [-0.39, 0.29) is 17.7 Å². The van der Waals surface area contributed by atoms with Gasteiger partial charge in [-0.2, -0.15) is 0 Å². The number of methoxy groups -OCH3 is 2. The average Bonchev–Trinajstić information content (AvgIpc) is 3.16. The molecular weight excluding hydrogens is 410 g/mol. The van der Waals surface area contributed by atoms with Gasteiger partial charge in [0.1, 0.15) is 11.6 Å². The molecule has 8 nitrogen and oxygen atoms in total. The smallest absolute Gasteiger partial charge is 0.353 e. The number of aliphatic carboxylic acids is 1. The maximum absolute atomic E-state index is 12.3. The summed E-state index contributed by atoms with van der Waals surface area (Å²) < 4.78 is 13.4. The van der Waals surface area contributed by atoms with Crippen molar-refractivity contribution in [2.45, 2.75) is 109 Å². The highest BCUT2D eigenvalue weighted by Crippen LogP contribution is 2.37. The molecule has 1 fully saturated rings. The van der Waals surface area contributed by atoms with Crippen LogP contribution in [0.1, 0.15) is 91.4 Å². The highest BCUT2D eigenvalue weighted by Gasteiger charge is 2.53. The fraction of sp³-hybridized carbons (Fsp3) is 0.792. The molecule has 8 heteroatoms. The van der Waals surface area contributed by atoms with Crippen molar-refractivity contribution in [2.75, 3.05) is 14.2 Å². The molecule has 0 saturated carbocycles. The number of unbranched alkanes of at least 4 members (excludes halogenated alkanes) is 6. The number of esters is 1. The van der Waals surface area contributed by atoms with E-state index in [1.807, 2.05) is 14.0 Å². The van der Waals surface area contributed by atoms with Gasteiger partial charge in [-0.15, -0.1) is 0 Å². The Morgan fingerprint density at radius 3 is 2.34 bits per heavy atom. The van der Waals surface area contributed by atoms with Gasteiger partial charge in [0.05, 0.1) is 18.8 Å². The van der Waals surface area contributed by atoms with Crippen LogP contribution in [0.3, 0.4) is 0 Å². The number of carbonyl (C=O) groups is 2. The van der Waals surface area contributed by atoms with Gasteiger partial charge in [0.15, 0.2) is 5.72 Å². The second-order valence-corrected chi connectivity index (χ2v) is 9.05. The van der Waals surface area contributed by atoms with Crippen molar-refractivity contribution in [3.05, 3.63) is 11.3 Å². The van der Waals surface area contributed by atoms with Gasteiger partial charge in [0.2, 0.25) is 0 Å². The molecule has 0 aromatic rings. The molecule has 0 unspecified atom stereocenters. The second-order valence-electron chi connectivity index (χ2n) is 9.05. The van der Waals surface area contributed by atoms with Crippen LogP contribution >= 0.6 is 0 Å². The van der Waals surface area contributed by atoms with E-state index in [1.165, 1.54) is 52.1 Å². The first-order valence-corrected chi connectivity index (χ1v) is 12.0. The maximum Gasteiger partial charge on any atom is 0.353 e. The summed E-state index contributed by atoms with van der Waals surface area (Å²) in [6.45, 7) is 5.20. The number of nitrogens with zero attached hydrogens (tertiary/aromatic N) is 1. The quantitative estimate of drug-likeness (QED) is 0.298. The molecule has 0 amide bonds.